The molecule has 0 aromatic carbocycles. The molecule has 2 fully saturated rings. The van der Waals surface area contributed by atoms with Crippen molar-refractivity contribution < 1.29 is 14.6 Å². The van der Waals surface area contributed by atoms with Crippen molar-refractivity contribution in [2.75, 3.05) is 26.7 Å². The number of esters is 1. The number of likely N-dealkylation sites (tertiary alicyclic amines) is 1. The fraction of sp³-hybridized carbons (Fsp3) is 0.889. The molecule has 0 radical (unpaired) electrons. The second-order valence-electron chi connectivity index (χ2n) is 4.08. The summed E-state index contributed by atoms with van der Waals surface area (Å²) in [5.74, 6) is 0.268. The summed E-state index contributed by atoms with van der Waals surface area (Å²) in [6.45, 7) is 1.85. The first-order chi connectivity index (χ1) is 6.14. The molecule has 0 bridgehead atoms. The highest BCUT2D eigenvalue weighted by molar-refractivity contribution is 5.71. The van der Waals surface area contributed by atoms with Crippen LogP contribution in [0, 0.1) is 5.92 Å². The van der Waals surface area contributed by atoms with Gasteiger partial charge >= 0.3 is 5.97 Å². The van der Waals surface area contributed by atoms with Gasteiger partial charge in [0.15, 0.2) is 0 Å². The first-order valence-electron chi connectivity index (χ1n) is 4.65. The molecule has 13 heavy (non-hydrogen) atoms. The molecule has 1 saturated heterocycles. The molecule has 74 valence electrons. The Hall–Kier alpha value is -0.610. The SMILES string of the molecule is COC(=O)CN1CC[C@@H]2C[C@]2(O)C1. The van der Waals surface area contributed by atoms with Crippen molar-refractivity contribution in [3.8, 4) is 0 Å². The van der Waals surface area contributed by atoms with E-state index in [1.54, 1.807) is 0 Å². The van der Waals surface area contributed by atoms with Crippen molar-refractivity contribution in [3.63, 3.8) is 0 Å². The van der Waals surface area contributed by atoms with Crippen LogP contribution in [0.1, 0.15) is 12.8 Å². The smallest absolute Gasteiger partial charge is 0.319 e. The van der Waals surface area contributed by atoms with E-state index in [1.807, 2.05) is 4.90 Å². The number of hydrogen-bond donors (Lipinski definition) is 1. The molecular weight excluding hydrogens is 170 g/mol. The first kappa shape index (κ1) is 8.97. The van der Waals surface area contributed by atoms with E-state index < -0.39 is 5.60 Å². The van der Waals surface area contributed by atoms with Gasteiger partial charge in [0.25, 0.3) is 0 Å². The van der Waals surface area contributed by atoms with Crippen molar-refractivity contribution in [3.05, 3.63) is 0 Å². The van der Waals surface area contributed by atoms with Crippen molar-refractivity contribution in [1.29, 1.82) is 0 Å². The van der Waals surface area contributed by atoms with Gasteiger partial charge in [-0.05, 0) is 25.3 Å². The zero-order chi connectivity index (χ0) is 9.47. The highest BCUT2D eigenvalue weighted by atomic mass is 16.5. The number of aliphatic hydroxyl groups is 1. The molecule has 1 aliphatic carbocycles. The Morgan fingerprint density at radius 1 is 1.77 bits per heavy atom. The van der Waals surface area contributed by atoms with Crippen molar-refractivity contribution in [1.82, 2.24) is 4.90 Å². The minimum Gasteiger partial charge on any atom is -0.468 e. The average Bonchev–Trinajstić information content (AvgIpc) is 2.75. The Morgan fingerprint density at radius 2 is 2.54 bits per heavy atom. The fourth-order valence-electron chi connectivity index (χ4n) is 2.12. The number of methoxy groups -OCH3 is 1. The van der Waals surface area contributed by atoms with Gasteiger partial charge < -0.3 is 9.84 Å². The maximum Gasteiger partial charge on any atom is 0.319 e. The van der Waals surface area contributed by atoms with Gasteiger partial charge in [-0.3, -0.25) is 9.69 Å². The second-order valence-corrected chi connectivity index (χ2v) is 4.08. The summed E-state index contributed by atoms with van der Waals surface area (Å²) in [5.41, 5.74) is -0.480. The van der Waals surface area contributed by atoms with Crippen LogP contribution in [0.15, 0.2) is 0 Å². The van der Waals surface area contributed by atoms with Crippen LogP contribution in [0.25, 0.3) is 0 Å². The lowest BCUT2D eigenvalue weighted by molar-refractivity contribution is -0.142. The lowest BCUT2D eigenvalue weighted by atomic mass is 10.1. The lowest BCUT2D eigenvalue weighted by Gasteiger charge is -2.28. The zero-order valence-corrected chi connectivity index (χ0v) is 7.82. The van der Waals surface area contributed by atoms with Gasteiger partial charge in [0.05, 0.1) is 19.3 Å². The van der Waals surface area contributed by atoms with Crippen molar-refractivity contribution in [2.24, 2.45) is 5.92 Å². The van der Waals surface area contributed by atoms with Crippen LogP contribution in [0.5, 0.6) is 0 Å². The summed E-state index contributed by atoms with van der Waals surface area (Å²) in [6, 6.07) is 0. The largest absolute Gasteiger partial charge is 0.468 e. The van der Waals surface area contributed by atoms with Gasteiger partial charge in [-0.1, -0.05) is 0 Å². The normalized spacial score (nSPS) is 38.2. The minimum atomic E-state index is -0.480. The Bertz CT molecular complexity index is 231. The Labute approximate surface area is 77.5 Å². The molecular formula is C9H15NO3. The summed E-state index contributed by atoms with van der Waals surface area (Å²) in [4.78, 5) is 12.9. The fourth-order valence-corrected chi connectivity index (χ4v) is 2.12. The number of nitrogens with zero attached hydrogens (tertiary/aromatic N) is 1. The third-order valence-electron chi connectivity index (χ3n) is 3.07. The van der Waals surface area contributed by atoms with Gasteiger partial charge in [0.2, 0.25) is 0 Å². The van der Waals surface area contributed by atoms with Crippen LogP contribution in [0.2, 0.25) is 0 Å². The highest BCUT2D eigenvalue weighted by Gasteiger charge is 2.55. The maximum atomic E-state index is 11.0. The van der Waals surface area contributed by atoms with E-state index in [1.165, 1.54) is 7.11 Å². The molecule has 4 heteroatoms. The van der Waals surface area contributed by atoms with Crippen molar-refractivity contribution in [2.45, 2.75) is 18.4 Å². The molecule has 0 spiro atoms. The number of piperidine rings is 1. The quantitative estimate of drug-likeness (QED) is 0.596. The number of fused-ring (bicyclic) bond motifs is 1. The van der Waals surface area contributed by atoms with Crippen LogP contribution in [0.3, 0.4) is 0 Å². The average molecular weight is 185 g/mol. The minimum absolute atomic E-state index is 0.220. The van der Waals surface area contributed by atoms with Gasteiger partial charge in [0, 0.05) is 6.54 Å². The Morgan fingerprint density at radius 3 is 3.15 bits per heavy atom. The molecule has 0 unspecified atom stereocenters. The number of ether oxygens (including phenoxy) is 1. The van der Waals surface area contributed by atoms with Gasteiger partial charge in [-0.15, -0.1) is 0 Å². The van der Waals surface area contributed by atoms with E-state index in [4.69, 9.17) is 0 Å². The van der Waals surface area contributed by atoms with E-state index in [-0.39, 0.29) is 5.97 Å². The van der Waals surface area contributed by atoms with Crippen LogP contribution in [0.4, 0.5) is 0 Å². The lowest BCUT2D eigenvalue weighted by Crippen LogP contribution is -2.42. The summed E-state index contributed by atoms with van der Waals surface area (Å²) in [5, 5.41) is 9.81. The van der Waals surface area contributed by atoms with E-state index in [0.717, 1.165) is 19.4 Å². The van der Waals surface area contributed by atoms with Crippen molar-refractivity contribution >= 4 is 5.97 Å². The standard InChI is InChI=1S/C9H15NO3/c1-13-8(11)5-10-3-2-7-4-9(7,12)6-10/h7,12H,2-6H2,1H3/t7-,9+/m1/s1. The van der Waals surface area contributed by atoms with Gasteiger partial charge in [-0.2, -0.15) is 0 Å². The topological polar surface area (TPSA) is 49.8 Å². The van der Waals surface area contributed by atoms with Crippen LogP contribution < -0.4 is 0 Å². The molecule has 0 aromatic rings. The van der Waals surface area contributed by atoms with E-state index >= 15 is 0 Å². The Kier molecular flexibility index (Phi) is 2.04. The molecule has 2 atom stereocenters. The second kappa shape index (κ2) is 2.96. The molecule has 0 amide bonds. The van der Waals surface area contributed by atoms with E-state index in [2.05, 4.69) is 4.74 Å². The molecule has 4 nitrogen and oxygen atoms in total. The molecule has 1 N–H and O–H groups in total. The summed E-state index contributed by atoms with van der Waals surface area (Å²) < 4.78 is 4.57. The summed E-state index contributed by atoms with van der Waals surface area (Å²) in [7, 11) is 1.39. The number of rotatable bonds is 2. The molecule has 2 aliphatic rings. The highest BCUT2D eigenvalue weighted by Crippen LogP contribution is 2.48. The molecule has 1 heterocycles. The predicted molar refractivity (Wildman–Crippen MR) is 46.1 cm³/mol. The van der Waals surface area contributed by atoms with Crippen LogP contribution in [-0.4, -0.2) is 48.3 Å². The summed E-state index contributed by atoms with van der Waals surface area (Å²) >= 11 is 0. The zero-order valence-electron chi connectivity index (χ0n) is 7.82. The monoisotopic (exact) mass is 185 g/mol. The molecule has 1 aliphatic heterocycles. The van der Waals surface area contributed by atoms with Gasteiger partial charge in [0.1, 0.15) is 0 Å². The number of carbonyl (C=O) groups is 1. The van der Waals surface area contributed by atoms with Gasteiger partial charge in [-0.25, -0.2) is 0 Å². The predicted octanol–water partition coefficient (Wildman–Crippen LogP) is -0.384. The van der Waals surface area contributed by atoms with E-state index in [0.29, 0.717) is 19.0 Å². The number of carbonyl (C=O) groups excluding carboxylic acids is 1. The van der Waals surface area contributed by atoms with Crippen LogP contribution in [-0.2, 0) is 9.53 Å². The number of hydrogen-bond acceptors (Lipinski definition) is 4. The van der Waals surface area contributed by atoms with Crippen LogP contribution >= 0.6 is 0 Å². The summed E-state index contributed by atoms with van der Waals surface area (Å²) in [6.07, 6.45) is 1.91. The Balaban J connectivity index is 1.84. The molecule has 2 rings (SSSR count). The number of β-amino-alcohol motifs (C(OH)–C–C–N with tert-alkyl or cyclic N) is 1. The molecule has 0 aromatic heterocycles. The molecule has 1 saturated carbocycles. The third kappa shape index (κ3) is 1.69. The maximum absolute atomic E-state index is 11.0. The third-order valence-corrected chi connectivity index (χ3v) is 3.07. The first-order valence-corrected chi connectivity index (χ1v) is 4.65. The van der Waals surface area contributed by atoms with E-state index in [9.17, 15) is 9.90 Å².